The van der Waals surface area contributed by atoms with E-state index in [0.717, 1.165) is 6.42 Å². The van der Waals surface area contributed by atoms with E-state index in [1.807, 2.05) is 6.92 Å². The molecule has 0 radical (unpaired) electrons. The van der Waals surface area contributed by atoms with E-state index in [4.69, 9.17) is 9.84 Å². The predicted octanol–water partition coefficient (Wildman–Crippen LogP) is 0.972. The molecule has 0 saturated carbocycles. The number of ether oxygens (including phenoxy) is 1. The third kappa shape index (κ3) is 8.34. The van der Waals surface area contributed by atoms with Crippen molar-refractivity contribution in [2.24, 2.45) is 0 Å². The van der Waals surface area contributed by atoms with Crippen LogP contribution < -0.4 is 0 Å². The van der Waals surface area contributed by atoms with Gasteiger partial charge in [0.15, 0.2) is 0 Å². The van der Waals surface area contributed by atoms with Gasteiger partial charge in [-0.05, 0) is 6.42 Å². The second-order valence-electron chi connectivity index (χ2n) is 3.03. The third-order valence-electron chi connectivity index (χ3n) is 1.71. The van der Waals surface area contributed by atoms with Crippen LogP contribution in [0, 0.1) is 0 Å². The number of aliphatic hydroxyl groups is 1. The number of alkyl halides is 2. The molecule has 0 fully saturated rings. The Morgan fingerprint density at radius 1 is 1.29 bits per heavy atom. The van der Waals surface area contributed by atoms with Gasteiger partial charge in [-0.1, -0.05) is 6.92 Å². The van der Waals surface area contributed by atoms with Crippen molar-refractivity contribution >= 4 is 0 Å². The molecule has 5 heteroatoms. The van der Waals surface area contributed by atoms with Crippen LogP contribution in [0.1, 0.15) is 13.3 Å². The molecule has 0 rings (SSSR count). The summed E-state index contributed by atoms with van der Waals surface area (Å²) in [5.74, 6) is 0. The zero-order chi connectivity index (χ0) is 10.8. The highest BCUT2D eigenvalue weighted by atomic mass is 19.3. The molecule has 0 aliphatic carbocycles. The molecule has 0 saturated heterocycles. The van der Waals surface area contributed by atoms with Crippen molar-refractivity contribution in [3.8, 4) is 0 Å². The van der Waals surface area contributed by atoms with Crippen LogP contribution in [-0.4, -0.2) is 55.9 Å². The third-order valence-corrected chi connectivity index (χ3v) is 1.71. The van der Waals surface area contributed by atoms with Crippen molar-refractivity contribution in [2.45, 2.75) is 19.8 Å². The Hall–Kier alpha value is -0.260. The van der Waals surface area contributed by atoms with Gasteiger partial charge in [-0.2, -0.15) is 0 Å². The van der Waals surface area contributed by atoms with Crippen LogP contribution in [0.4, 0.5) is 8.78 Å². The first-order valence-electron chi connectivity index (χ1n) is 4.89. The van der Waals surface area contributed by atoms with Gasteiger partial charge < -0.3 is 9.84 Å². The summed E-state index contributed by atoms with van der Waals surface area (Å²) in [5, 5.41) is 8.62. The van der Waals surface area contributed by atoms with Gasteiger partial charge >= 0.3 is 0 Å². The van der Waals surface area contributed by atoms with E-state index < -0.39 is 6.43 Å². The molecule has 86 valence electrons. The number of hydrogen-bond donors (Lipinski definition) is 1. The first-order valence-corrected chi connectivity index (χ1v) is 4.89. The number of aliphatic hydroxyl groups excluding tert-OH is 1. The number of hydrogen-bond acceptors (Lipinski definition) is 3. The fraction of sp³-hybridized carbons (Fsp3) is 1.00. The van der Waals surface area contributed by atoms with E-state index in [1.165, 1.54) is 4.90 Å². The van der Waals surface area contributed by atoms with Crippen molar-refractivity contribution in [3.05, 3.63) is 0 Å². The molecule has 0 aromatic heterocycles. The van der Waals surface area contributed by atoms with Gasteiger partial charge in [-0.15, -0.1) is 0 Å². The summed E-state index contributed by atoms with van der Waals surface area (Å²) in [5.41, 5.74) is 0. The molecule has 0 spiro atoms. The molecule has 0 bridgehead atoms. The normalized spacial score (nSPS) is 11.6. The van der Waals surface area contributed by atoms with Crippen molar-refractivity contribution in [2.75, 3.05) is 39.5 Å². The van der Waals surface area contributed by atoms with Gasteiger partial charge in [0.2, 0.25) is 0 Å². The Bertz CT molecular complexity index is 125. The topological polar surface area (TPSA) is 32.7 Å². The largest absolute Gasteiger partial charge is 0.395 e. The molecule has 0 heterocycles. The fourth-order valence-electron chi connectivity index (χ4n) is 1.07. The summed E-state index contributed by atoms with van der Waals surface area (Å²) in [6.07, 6.45) is -1.43. The summed E-state index contributed by atoms with van der Waals surface area (Å²) in [4.78, 5) is 1.50. The van der Waals surface area contributed by atoms with E-state index in [1.54, 1.807) is 0 Å². The Labute approximate surface area is 83.7 Å². The monoisotopic (exact) mass is 211 g/mol. The molecule has 1 N–H and O–H groups in total. The van der Waals surface area contributed by atoms with Crippen molar-refractivity contribution < 1.29 is 18.6 Å². The Morgan fingerprint density at radius 3 is 2.50 bits per heavy atom. The predicted molar refractivity (Wildman–Crippen MR) is 50.6 cm³/mol. The molecule has 0 aromatic carbocycles. The van der Waals surface area contributed by atoms with E-state index in [0.29, 0.717) is 19.8 Å². The molecule has 3 nitrogen and oxygen atoms in total. The van der Waals surface area contributed by atoms with Crippen LogP contribution in [0.25, 0.3) is 0 Å². The maximum Gasteiger partial charge on any atom is 0.251 e. The number of nitrogens with zero attached hydrogens (tertiary/aromatic N) is 1. The van der Waals surface area contributed by atoms with Crippen LogP contribution in [0.15, 0.2) is 0 Å². The molecular weight excluding hydrogens is 192 g/mol. The van der Waals surface area contributed by atoms with Crippen LogP contribution in [0.2, 0.25) is 0 Å². The van der Waals surface area contributed by atoms with Gasteiger partial charge in [0.1, 0.15) is 0 Å². The first kappa shape index (κ1) is 13.7. The Kier molecular flexibility index (Phi) is 9.13. The van der Waals surface area contributed by atoms with Crippen LogP contribution in [0.3, 0.4) is 0 Å². The van der Waals surface area contributed by atoms with Crippen molar-refractivity contribution in [3.63, 3.8) is 0 Å². The first-order chi connectivity index (χ1) is 6.70. The minimum Gasteiger partial charge on any atom is -0.395 e. The standard InChI is InChI=1S/C9H19F2NO2/c1-2-6-14-7-4-12(3-5-13)8-9(10)11/h9,13H,2-8H2,1H3. The lowest BCUT2D eigenvalue weighted by Gasteiger charge is -2.20. The minimum absolute atomic E-state index is 0.0967. The van der Waals surface area contributed by atoms with E-state index in [-0.39, 0.29) is 19.7 Å². The summed E-state index contributed by atoms with van der Waals surface area (Å²) >= 11 is 0. The number of halogens is 2. The van der Waals surface area contributed by atoms with E-state index in [2.05, 4.69) is 0 Å². The summed E-state index contributed by atoms with van der Waals surface area (Å²) in [6, 6.07) is 0. The minimum atomic E-state index is -2.35. The lowest BCUT2D eigenvalue weighted by molar-refractivity contribution is 0.0515. The van der Waals surface area contributed by atoms with Gasteiger partial charge in [0.25, 0.3) is 6.43 Å². The highest BCUT2D eigenvalue weighted by Crippen LogP contribution is 1.97. The molecule has 14 heavy (non-hydrogen) atoms. The van der Waals surface area contributed by atoms with E-state index >= 15 is 0 Å². The highest BCUT2D eigenvalue weighted by Gasteiger charge is 2.10. The smallest absolute Gasteiger partial charge is 0.251 e. The van der Waals surface area contributed by atoms with Gasteiger partial charge in [0.05, 0.1) is 19.8 Å². The Balaban J connectivity index is 3.51. The number of rotatable bonds is 9. The zero-order valence-electron chi connectivity index (χ0n) is 8.59. The molecule has 0 aliphatic heterocycles. The molecule has 0 atom stereocenters. The van der Waals surface area contributed by atoms with Crippen LogP contribution in [0.5, 0.6) is 0 Å². The molecule has 0 aliphatic rings. The fourth-order valence-corrected chi connectivity index (χ4v) is 1.07. The highest BCUT2D eigenvalue weighted by molar-refractivity contribution is 4.57. The average Bonchev–Trinajstić information content (AvgIpc) is 2.12. The molecule has 0 amide bonds. The second-order valence-corrected chi connectivity index (χ2v) is 3.03. The SMILES string of the molecule is CCCOCCN(CCO)CC(F)F. The van der Waals surface area contributed by atoms with Crippen LogP contribution in [-0.2, 0) is 4.74 Å². The average molecular weight is 211 g/mol. The molecule has 0 aromatic rings. The lowest BCUT2D eigenvalue weighted by atomic mass is 10.4. The summed E-state index contributed by atoms with van der Waals surface area (Å²) < 4.78 is 29.2. The van der Waals surface area contributed by atoms with Gasteiger partial charge in [0, 0.05) is 19.7 Å². The lowest BCUT2D eigenvalue weighted by Crippen LogP contribution is -2.34. The Morgan fingerprint density at radius 2 is 2.00 bits per heavy atom. The van der Waals surface area contributed by atoms with Crippen molar-refractivity contribution in [1.29, 1.82) is 0 Å². The maximum absolute atomic E-state index is 12.0. The van der Waals surface area contributed by atoms with Gasteiger partial charge in [-0.25, -0.2) is 8.78 Å². The quantitative estimate of drug-likeness (QED) is 0.577. The maximum atomic E-state index is 12.0. The zero-order valence-corrected chi connectivity index (χ0v) is 8.59. The second kappa shape index (κ2) is 9.30. The van der Waals surface area contributed by atoms with Crippen molar-refractivity contribution in [1.82, 2.24) is 4.90 Å². The van der Waals surface area contributed by atoms with Crippen LogP contribution >= 0.6 is 0 Å². The molecular formula is C9H19F2NO2. The summed E-state index contributed by atoms with van der Waals surface area (Å²) in [6.45, 7) is 3.42. The summed E-state index contributed by atoms with van der Waals surface area (Å²) in [7, 11) is 0. The van der Waals surface area contributed by atoms with Gasteiger partial charge in [-0.3, -0.25) is 4.90 Å². The van der Waals surface area contributed by atoms with E-state index in [9.17, 15) is 8.78 Å². The molecule has 0 unspecified atom stereocenters.